The summed E-state index contributed by atoms with van der Waals surface area (Å²) in [6, 6.07) is 30.5. The molecular formula is C34H28N4O4S2. The van der Waals surface area contributed by atoms with Gasteiger partial charge in [0.1, 0.15) is 0 Å². The standard InChI is InChI=1S/C34H28N4O4S2/c1-25-13-21-31(22-14-25)43(39,40)37-33(27-9-5-3-6-10-27)35-29-17-19-30(20-18-29)36-34(28-11-7-4-8-12-28)38-44(41,42)32-23-15-26(2)16-24-32/h3-24H,1-2H3/b35-29?,36-30?,37-33+,38-34+. The second-order valence-electron chi connectivity index (χ2n) is 9.88. The van der Waals surface area contributed by atoms with Gasteiger partial charge in [0, 0.05) is 11.1 Å². The molecule has 1 aliphatic carbocycles. The molecule has 0 heterocycles. The lowest BCUT2D eigenvalue weighted by Gasteiger charge is -2.08. The van der Waals surface area contributed by atoms with E-state index in [0.29, 0.717) is 22.6 Å². The van der Waals surface area contributed by atoms with Crippen LogP contribution >= 0.6 is 0 Å². The molecule has 0 radical (unpaired) electrons. The Hall–Kier alpha value is -5.06. The Morgan fingerprint density at radius 1 is 0.455 bits per heavy atom. The van der Waals surface area contributed by atoms with Crippen molar-refractivity contribution in [3.8, 4) is 0 Å². The minimum Gasteiger partial charge on any atom is -0.228 e. The van der Waals surface area contributed by atoms with Crippen LogP contribution < -0.4 is 0 Å². The van der Waals surface area contributed by atoms with Gasteiger partial charge >= 0.3 is 0 Å². The second kappa shape index (κ2) is 13.1. The van der Waals surface area contributed by atoms with Gasteiger partial charge in [-0.3, -0.25) is 0 Å². The molecule has 0 spiro atoms. The van der Waals surface area contributed by atoms with Crippen LogP contribution in [0.3, 0.4) is 0 Å². The lowest BCUT2D eigenvalue weighted by atomic mass is 10.1. The van der Waals surface area contributed by atoms with Gasteiger partial charge in [0.2, 0.25) is 0 Å². The molecular weight excluding hydrogens is 593 g/mol. The number of hydrogen-bond donors (Lipinski definition) is 0. The first-order chi connectivity index (χ1) is 21.1. The van der Waals surface area contributed by atoms with Gasteiger partial charge in [-0.25, -0.2) is 9.98 Å². The van der Waals surface area contributed by atoms with Gasteiger partial charge in [-0.2, -0.15) is 16.8 Å². The minimum atomic E-state index is -4.04. The van der Waals surface area contributed by atoms with Crippen molar-refractivity contribution < 1.29 is 16.8 Å². The van der Waals surface area contributed by atoms with Crippen molar-refractivity contribution in [2.75, 3.05) is 0 Å². The number of aliphatic imine (C=N–C) groups is 2. The van der Waals surface area contributed by atoms with E-state index in [-0.39, 0.29) is 21.5 Å². The summed E-state index contributed by atoms with van der Waals surface area (Å²) in [5.74, 6) is 0.0400. The molecule has 0 aromatic heterocycles. The number of sulfonamides is 2. The number of allylic oxidation sites excluding steroid dienone is 4. The van der Waals surface area contributed by atoms with E-state index in [0.717, 1.165) is 11.1 Å². The van der Waals surface area contributed by atoms with E-state index in [9.17, 15) is 16.8 Å². The van der Waals surface area contributed by atoms with Gasteiger partial charge in [0.05, 0.1) is 21.2 Å². The van der Waals surface area contributed by atoms with E-state index in [2.05, 4.69) is 18.8 Å². The third-order valence-corrected chi connectivity index (χ3v) is 9.00. The predicted molar refractivity (Wildman–Crippen MR) is 176 cm³/mol. The molecule has 10 heteroatoms. The highest BCUT2D eigenvalue weighted by atomic mass is 32.2. The lowest BCUT2D eigenvalue weighted by molar-refractivity contribution is 0.596. The number of hydrogen-bond acceptors (Lipinski definition) is 4. The summed E-state index contributed by atoms with van der Waals surface area (Å²) in [7, 11) is -8.08. The Morgan fingerprint density at radius 2 is 0.773 bits per heavy atom. The lowest BCUT2D eigenvalue weighted by Crippen LogP contribution is -2.10. The largest absolute Gasteiger partial charge is 0.284 e. The van der Waals surface area contributed by atoms with E-state index in [4.69, 9.17) is 0 Å². The summed E-state index contributed by atoms with van der Waals surface area (Å²) in [6.45, 7) is 3.75. The Kier molecular flexibility index (Phi) is 9.03. The van der Waals surface area contributed by atoms with Crippen molar-refractivity contribution in [2.24, 2.45) is 18.8 Å². The summed E-state index contributed by atoms with van der Waals surface area (Å²) in [5, 5.41) is 0. The number of benzene rings is 4. The zero-order valence-corrected chi connectivity index (χ0v) is 25.6. The van der Waals surface area contributed by atoms with Crippen molar-refractivity contribution >= 4 is 43.1 Å². The highest BCUT2D eigenvalue weighted by Crippen LogP contribution is 2.18. The molecule has 0 amide bonds. The first kappa shape index (κ1) is 30.4. The summed E-state index contributed by atoms with van der Waals surface area (Å²) in [4.78, 5) is 9.22. The van der Waals surface area contributed by atoms with Crippen molar-refractivity contribution in [1.29, 1.82) is 0 Å². The maximum Gasteiger partial charge on any atom is 0.284 e. The summed E-state index contributed by atoms with van der Waals surface area (Å²) >= 11 is 0. The van der Waals surface area contributed by atoms with Gasteiger partial charge < -0.3 is 0 Å². The van der Waals surface area contributed by atoms with Crippen molar-refractivity contribution in [3.63, 3.8) is 0 Å². The molecule has 1 aliphatic rings. The first-order valence-electron chi connectivity index (χ1n) is 13.6. The molecule has 8 nitrogen and oxygen atoms in total. The second-order valence-corrected chi connectivity index (χ2v) is 13.1. The van der Waals surface area contributed by atoms with Gasteiger partial charge in [-0.05, 0) is 62.4 Å². The summed E-state index contributed by atoms with van der Waals surface area (Å²) in [5.41, 5.74) is 3.76. The third kappa shape index (κ3) is 7.66. The summed E-state index contributed by atoms with van der Waals surface area (Å²) < 4.78 is 60.7. The molecule has 0 aliphatic heterocycles. The van der Waals surface area contributed by atoms with E-state index in [1.165, 1.54) is 24.3 Å². The molecule has 0 fully saturated rings. The maximum absolute atomic E-state index is 13.1. The molecule has 0 atom stereocenters. The van der Waals surface area contributed by atoms with Crippen LogP contribution in [0.25, 0.3) is 0 Å². The summed E-state index contributed by atoms with van der Waals surface area (Å²) in [6.07, 6.45) is 6.58. The molecule has 4 aromatic carbocycles. The van der Waals surface area contributed by atoms with Crippen LogP contribution in [0.15, 0.2) is 162 Å². The molecule has 44 heavy (non-hydrogen) atoms. The minimum absolute atomic E-state index is 0.0200. The van der Waals surface area contributed by atoms with Crippen molar-refractivity contribution in [1.82, 2.24) is 0 Å². The normalized spacial score (nSPS) is 14.0. The highest BCUT2D eigenvalue weighted by molar-refractivity contribution is 7.90. The average Bonchev–Trinajstić information content (AvgIpc) is 3.02. The number of nitrogens with zero attached hydrogens (tertiary/aromatic N) is 4. The zero-order chi connectivity index (χ0) is 31.2. The monoisotopic (exact) mass is 620 g/mol. The van der Waals surface area contributed by atoms with Crippen LogP contribution in [0.4, 0.5) is 0 Å². The number of amidine groups is 2. The van der Waals surface area contributed by atoms with Gasteiger partial charge in [0.15, 0.2) is 11.7 Å². The SMILES string of the molecule is Cc1ccc(S(=O)(=O)/N=C(/N=C2C=CC(=N/C(=N/S(=O)(=O)c3ccc(C)cc3)c3ccccc3)C=C2)c2ccccc2)cc1. The Balaban J connectivity index is 1.50. The number of aryl methyl sites for hydroxylation is 2. The number of rotatable bonds is 6. The van der Waals surface area contributed by atoms with Gasteiger partial charge in [-0.15, -0.1) is 8.80 Å². The Labute approximate surface area is 257 Å². The quantitative estimate of drug-likeness (QED) is 0.143. The molecule has 0 N–H and O–H groups in total. The van der Waals surface area contributed by atoms with Crippen LogP contribution in [-0.4, -0.2) is 39.9 Å². The molecule has 4 aromatic rings. The average molecular weight is 621 g/mol. The van der Waals surface area contributed by atoms with Gasteiger partial charge in [0.25, 0.3) is 20.0 Å². The highest BCUT2D eigenvalue weighted by Gasteiger charge is 2.17. The predicted octanol–water partition coefficient (Wildman–Crippen LogP) is 6.28. The van der Waals surface area contributed by atoms with E-state index in [1.54, 1.807) is 97.1 Å². The first-order valence-corrected chi connectivity index (χ1v) is 16.4. The molecule has 0 saturated carbocycles. The van der Waals surface area contributed by atoms with Crippen LogP contribution in [0.2, 0.25) is 0 Å². The van der Waals surface area contributed by atoms with Crippen LogP contribution in [0, 0.1) is 13.8 Å². The fourth-order valence-electron chi connectivity index (χ4n) is 4.05. The third-order valence-electron chi connectivity index (χ3n) is 6.43. The van der Waals surface area contributed by atoms with E-state index >= 15 is 0 Å². The van der Waals surface area contributed by atoms with Crippen LogP contribution in [0.5, 0.6) is 0 Å². The van der Waals surface area contributed by atoms with E-state index in [1.807, 2.05) is 26.0 Å². The smallest absolute Gasteiger partial charge is 0.228 e. The topological polar surface area (TPSA) is 118 Å². The maximum atomic E-state index is 13.1. The van der Waals surface area contributed by atoms with Gasteiger partial charge in [-0.1, -0.05) is 96.1 Å². The zero-order valence-electron chi connectivity index (χ0n) is 23.9. The fourth-order valence-corrected chi connectivity index (χ4v) is 5.97. The van der Waals surface area contributed by atoms with Crippen molar-refractivity contribution in [3.05, 3.63) is 156 Å². The molecule has 0 saturated heterocycles. The van der Waals surface area contributed by atoms with Crippen LogP contribution in [-0.2, 0) is 20.0 Å². The molecule has 0 unspecified atom stereocenters. The van der Waals surface area contributed by atoms with Crippen molar-refractivity contribution in [2.45, 2.75) is 23.6 Å². The molecule has 5 rings (SSSR count). The Bertz CT molecular complexity index is 1890. The van der Waals surface area contributed by atoms with E-state index < -0.39 is 20.0 Å². The Morgan fingerprint density at radius 3 is 1.09 bits per heavy atom. The molecule has 0 bridgehead atoms. The molecule has 220 valence electrons. The van der Waals surface area contributed by atoms with Crippen LogP contribution in [0.1, 0.15) is 22.3 Å². The fraction of sp³-hybridized carbons (Fsp3) is 0.0588.